The van der Waals surface area contributed by atoms with E-state index in [-0.39, 0.29) is 12.6 Å². The molecule has 16 heavy (non-hydrogen) atoms. The van der Waals surface area contributed by atoms with Crippen molar-refractivity contribution in [3.8, 4) is 0 Å². The van der Waals surface area contributed by atoms with E-state index in [4.69, 9.17) is 5.11 Å². The lowest BCUT2D eigenvalue weighted by atomic mass is 10.2. The van der Waals surface area contributed by atoms with Gasteiger partial charge in [-0.2, -0.15) is 5.10 Å². The summed E-state index contributed by atoms with van der Waals surface area (Å²) in [6.45, 7) is 2.10. The van der Waals surface area contributed by atoms with Crippen LogP contribution in [0.3, 0.4) is 0 Å². The first kappa shape index (κ1) is 10.8. The first-order chi connectivity index (χ1) is 7.76. The van der Waals surface area contributed by atoms with E-state index in [2.05, 4.69) is 20.4 Å². The van der Waals surface area contributed by atoms with Crippen LogP contribution in [0.15, 0.2) is 12.5 Å². The monoisotopic (exact) mass is 221 g/mol. The summed E-state index contributed by atoms with van der Waals surface area (Å²) in [7, 11) is 1.84. The van der Waals surface area contributed by atoms with Crippen LogP contribution in [0.2, 0.25) is 0 Å². The number of fused-ring (bicyclic) bond motifs is 1. The average Bonchev–Trinajstić information content (AvgIpc) is 2.69. The maximum atomic E-state index is 9.14. The molecule has 0 bridgehead atoms. The van der Waals surface area contributed by atoms with Crippen LogP contribution in [-0.4, -0.2) is 37.5 Å². The fourth-order valence-electron chi connectivity index (χ4n) is 1.55. The van der Waals surface area contributed by atoms with Gasteiger partial charge in [0.2, 0.25) is 0 Å². The van der Waals surface area contributed by atoms with Crippen molar-refractivity contribution in [3.05, 3.63) is 12.5 Å². The number of aliphatic hydroxyl groups is 1. The van der Waals surface area contributed by atoms with Crippen molar-refractivity contribution in [2.75, 3.05) is 11.9 Å². The second-order valence-corrected chi connectivity index (χ2v) is 3.66. The third-order valence-corrected chi connectivity index (χ3v) is 2.58. The summed E-state index contributed by atoms with van der Waals surface area (Å²) in [4.78, 5) is 8.32. The first-order valence-electron chi connectivity index (χ1n) is 5.26. The molecular formula is C10H15N5O. The Labute approximate surface area is 93.3 Å². The summed E-state index contributed by atoms with van der Waals surface area (Å²) in [5.41, 5.74) is 0.783. The molecular weight excluding hydrogens is 206 g/mol. The molecule has 1 unspecified atom stereocenters. The van der Waals surface area contributed by atoms with E-state index in [1.807, 2.05) is 14.0 Å². The maximum absolute atomic E-state index is 9.14. The van der Waals surface area contributed by atoms with Crippen LogP contribution in [-0.2, 0) is 7.05 Å². The molecule has 86 valence electrons. The Morgan fingerprint density at radius 2 is 2.31 bits per heavy atom. The van der Waals surface area contributed by atoms with E-state index in [0.717, 1.165) is 23.3 Å². The molecule has 0 aliphatic rings. The summed E-state index contributed by atoms with van der Waals surface area (Å²) in [6, 6.07) is 0.0123. The van der Waals surface area contributed by atoms with Gasteiger partial charge in [0.1, 0.15) is 12.1 Å². The molecule has 2 aromatic rings. The van der Waals surface area contributed by atoms with Crippen LogP contribution in [0.1, 0.15) is 13.3 Å². The minimum absolute atomic E-state index is 0.0123. The highest BCUT2D eigenvalue weighted by Crippen LogP contribution is 2.18. The predicted molar refractivity (Wildman–Crippen MR) is 61.1 cm³/mol. The van der Waals surface area contributed by atoms with Crippen molar-refractivity contribution in [3.63, 3.8) is 0 Å². The van der Waals surface area contributed by atoms with Crippen LogP contribution in [0.4, 0.5) is 5.82 Å². The molecule has 0 aliphatic carbocycles. The van der Waals surface area contributed by atoms with Gasteiger partial charge in [-0.3, -0.25) is 4.68 Å². The summed E-state index contributed by atoms with van der Waals surface area (Å²) >= 11 is 0. The number of nitrogens with zero attached hydrogens (tertiary/aromatic N) is 4. The zero-order valence-electron chi connectivity index (χ0n) is 9.38. The van der Waals surface area contributed by atoms with Crippen LogP contribution < -0.4 is 5.32 Å². The molecule has 6 nitrogen and oxygen atoms in total. The highest BCUT2D eigenvalue weighted by Gasteiger charge is 2.10. The van der Waals surface area contributed by atoms with E-state index >= 15 is 0 Å². The molecule has 0 aromatic carbocycles. The van der Waals surface area contributed by atoms with Gasteiger partial charge < -0.3 is 10.4 Å². The van der Waals surface area contributed by atoms with E-state index < -0.39 is 0 Å². The number of aryl methyl sites for hydroxylation is 1. The molecule has 2 heterocycles. The molecule has 2 N–H and O–H groups in total. The largest absolute Gasteiger partial charge is 0.394 e. The SMILES string of the molecule is CCC(CO)Nc1ncnc2c1cnn2C. The lowest BCUT2D eigenvalue weighted by molar-refractivity contribution is 0.271. The minimum Gasteiger partial charge on any atom is -0.394 e. The average molecular weight is 221 g/mol. The van der Waals surface area contributed by atoms with Crippen molar-refractivity contribution >= 4 is 16.9 Å². The normalized spacial score (nSPS) is 12.9. The van der Waals surface area contributed by atoms with Crippen LogP contribution in [0, 0.1) is 0 Å². The summed E-state index contributed by atoms with van der Waals surface area (Å²) in [5.74, 6) is 0.721. The number of hydrogen-bond acceptors (Lipinski definition) is 5. The van der Waals surface area contributed by atoms with Gasteiger partial charge in [-0.1, -0.05) is 6.92 Å². The Bertz CT molecular complexity index is 477. The van der Waals surface area contributed by atoms with Crippen LogP contribution >= 0.6 is 0 Å². The van der Waals surface area contributed by atoms with Gasteiger partial charge in [0, 0.05) is 7.05 Å². The van der Waals surface area contributed by atoms with E-state index in [1.165, 1.54) is 6.33 Å². The highest BCUT2D eigenvalue weighted by atomic mass is 16.3. The first-order valence-corrected chi connectivity index (χ1v) is 5.26. The van der Waals surface area contributed by atoms with Crippen molar-refractivity contribution in [2.45, 2.75) is 19.4 Å². The van der Waals surface area contributed by atoms with Gasteiger partial charge in [0.25, 0.3) is 0 Å². The third-order valence-electron chi connectivity index (χ3n) is 2.58. The quantitative estimate of drug-likeness (QED) is 0.788. The Morgan fingerprint density at radius 1 is 1.50 bits per heavy atom. The lowest BCUT2D eigenvalue weighted by Gasteiger charge is -2.14. The second kappa shape index (κ2) is 4.44. The lowest BCUT2D eigenvalue weighted by Crippen LogP contribution is -2.23. The Kier molecular flexibility index (Phi) is 3.00. The fraction of sp³-hybridized carbons (Fsp3) is 0.500. The standard InChI is InChI=1S/C10H15N5O/c1-3-7(5-16)14-9-8-4-13-15(2)10(8)12-6-11-9/h4,6-7,16H,3,5H2,1-2H3,(H,11,12,14). The van der Waals surface area contributed by atoms with E-state index in [1.54, 1.807) is 10.9 Å². The van der Waals surface area contributed by atoms with Crippen molar-refractivity contribution < 1.29 is 5.11 Å². The molecule has 0 saturated heterocycles. The zero-order chi connectivity index (χ0) is 11.5. The van der Waals surface area contributed by atoms with E-state index in [9.17, 15) is 0 Å². The summed E-state index contributed by atoms with van der Waals surface area (Å²) in [5, 5.41) is 17.3. The summed E-state index contributed by atoms with van der Waals surface area (Å²) in [6.07, 6.45) is 4.06. The predicted octanol–water partition coefficient (Wildman–Crippen LogP) is 0.546. The van der Waals surface area contributed by atoms with Gasteiger partial charge in [-0.05, 0) is 6.42 Å². The molecule has 1 atom stereocenters. The Morgan fingerprint density at radius 3 is 3.00 bits per heavy atom. The smallest absolute Gasteiger partial charge is 0.163 e. The molecule has 0 spiro atoms. The number of hydrogen-bond donors (Lipinski definition) is 2. The number of anilines is 1. The molecule has 0 radical (unpaired) electrons. The van der Waals surface area contributed by atoms with Gasteiger partial charge in [0.15, 0.2) is 5.65 Å². The van der Waals surface area contributed by atoms with Crippen LogP contribution in [0.5, 0.6) is 0 Å². The Hall–Kier alpha value is -1.69. The Balaban J connectivity index is 2.37. The topological polar surface area (TPSA) is 75.9 Å². The second-order valence-electron chi connectivity index (χ2n) is 3.66. The van der Waals surface area contributed by atoms with Crippen molar-refractivity contribution in [1.29, 1.82) is 0 Å². The van der Waals surface area contributed by atoms with E-state index in [0.29, 0.717) is 0 Å². The van der Waals surface area contributed by atoms with Gasteiger partial charge in [0.05, 0.1) is 24.2 Å². The van der Waals surface area contributed by atoms with Gasteiger partial charge in [-0.15, -0.1) is 0 Å². The maximum Gasteiger partial charge on any atom is 0.163 e. The molecule has 6 heteroatoms. The number of rotatable bonds is 4. The number of aliphatic hydroxyl groups excluding tert-OH is 1. The molecule has 2 aromatic heterocycles. The summed E-state index contributed by atoms with van der Waals surface area (Å²) < 4.78 is 1.70. The highest BCUT2D eigenvalue weighted by molar-refractivity contribution is 5.86. The third kappa shape index (κ3) is 1.83. The molecule has 2 rings (SSSR count). The number of aromatic nitrogens is 4. The molecule has 0 saturated carbocycles. The van der Waals surface area contributed by atoms with Gasteiger partial charge in [-0.25, -0.2) is 9.97 Å². The molecule has 0 aliphatic heterocycles. The van der Waals surface area contributed by atoms with Gasteiger partial charge >= 0.3 is 0 Å². The van der Waals surface area contributed by atoms with Crippen LogP contribution in [0.25, 0.3) is 11.0 Å². The van der Waals surface area contributed by atoms with Crippen molar-refractivity contribution in [2.24, 2.45) is 7.05 Å². The minimum atomic E-state index is 0.0123. The molecule has 0 fully saturated rings. The van der Waals surface area contributed by atoms with Crippen molar-refractivity contribution in [1.82, 2.24) is 19.7 Å². The zero-order valence-corrected chi connectivity index (χ0v) is 9.38. The molecule has 0 amide bonds. The number of nitrogens with one attached hydrogen (secondary N) is 1. The fourth-order valence-corrected chi connectivity index (χ4v) is 1.55.